The smallest absolute Gasteiger partial charge is 0.235 e. The molecule has 22 heavy (non-hydrogen) atoms. The van der Waals surface area contributed by atoms with E-state index in [4.69, 9.17) is 9.73 Å². The van der Waals surface area contributed by atoms with Gasteiger partial charge in [-0.1, -0.05) is 26.8 Å². The first-order chi connectivity index (χ1) is 10.3. The Morgan fingerprint density at radius 3 is 2.59 bits per heavy atom. The minimum atomic E-state index is 0.0923. The monoisotopic (exact) mass is 298 g/mol. The summed E-state index contributed by atoms with van der Waals surface area (Å²) < 4.78 is 7.61. The molecule has 0 bridgehead atoms. The second kappa shape index (κ2) is 5.23. The van der Waals surface area contributed by atoms with Gasteiger partial charge < -0.3 is 4.74 Å². The Hall–Kier alpha value is -2.17. The van der Waals surface area contributed by atoms with E-state index in [1.54, 1.807) is 0 Å². The van der Waals surface area contributed by atoms with Crippen LogP contribution in [0.15, 0.2) is 29.3 Å². The van der Waals surface area contributed by atoms with Crippen LogP contribution in [-0.4, -0.2) is 33.3 Å². The number of ether oxygens (including phenoxy) is 1. The van der Waals surface area contributed by atoms with E-state index in [2.05, 4.69) is 30.9 Å². The number of aryl methyl sites for hydroxylation is 2. The fourth-order valence-electron chi connectivity index (χ4n) is 2.48. The Bertz CT molecular complexity index is 725. The first kappa shape index (κ1) is 14.8. The quantitative estimate of drug-likeness (QED) is 0.856. The number of pyridine rings is 1. The third kappa shape index (κ3) is 2.75. The summed E-state index contributed by atoms with van der Waals surface area (Å²) in [6.07, 6.45) is 0. The molecule has 0 saturated heterocycles. The fraction of sp³-hybridized carbons (Fsp3) is 0.471. The summed E-state index contributed by atoms with van der Waals surface area (Å²) in [5.74, 6) is 1.41. The highest BCUT2D eigenvalue weighted by Crippen LogP contribution is 2.27. The first-order valence-corrected chi connectivity index (χ1v) is 7.56. The second-order valence-corrected chi connectivity index (χ2v) is 6.85. The normalized spacial score (nSPS) is 18.2. The van der Waals surface area contributed by atoms with Crippen LogP contribution in [0.5, 0.6) is 0 Å². The average Bonchev–Trinajstić information content (AvgIpc) is 3.05. The van der Waals surface area contributed by atoms with Crippen molar-refractivity contribution in [1.29, 1.82) is 0 Å². The molecule has 0 saturated carbocycles. The highest BCUT2D eigenvalue weighted by molar-refractivity contribution is 5.93. The van der Waals surface area contributed by atoms with E-state index >= 15 is 0 Å². The zero-order valence-electron chi connectivity index (χ0n) is 13.8. The number of hydrogen-bond acceptors (Lipinski definition) is 4. The maximum atomic E-state index is 5.76. The molecule has 2 aromatic rings. The van der Waals surface area contributed by atoms with Gasteiger partial charge in [0, 0.05) is 5.69 Å². The van der Waals surface area contributed by atoms with Crippen LogP contribution < -0.4 is 0 Å². The van der Waals surface area contributed by atoms with Crippen molar-refractivity contribution < 1.29 is 4.74 Å². The SMILES string of the molecule is Cc1cc(C)n(-c2cccc(C3=N[C@@H](C(C)(C)C)CO3)n2)n1. The predicted octanol–water partition coefficient (Wildman–Crippen LogP) is 3.08. The Morgan fingerprint density at radius 2 is 2.00 bits per heavy atom. The van der Waals surface area contributed by atoms with E-state index in [1.165, 1.54) is 0 Å². The van der Waals surface area contributed by atoms with Gasteiger partial charge in [0.2, 0.25) is 5.90 Å². The third-order valence-electron chi connectivity index (χ3n) is 3.83. The van der Waals surface area contributed by atoms with E-state index in [1.807, 2.05) is 42.8 Å². The molecule has 1 aliphatic rings. The maximum absolute atomic E-state index is 5.76. The third-order valence-corrected chi connectivity index (χ3v) is 3.83. The van der Waals surface area contributed by atoms with Gasteiger partial charge in [-0.05, 0) is 37.5 Å². The molecule has 0 spiro atoms. The van der Waals surface area contributed by atoms with Crippen LogP contribution in [0.3, 0.4) is 0 Å². The zero-order valence-corrected chi connectivity index (χ0v) is 13.8. The molecule has 0 fully saturated rings. The van der Waals surface area contributed by atoms with Crippen molar-refractivity contribution in [2.24, 2.45) is 10.4 Å². The van der Waals surface area contributed by atoms with Gasteiger partial charge in [-0.3, -0.25) is 0 Å². The Kier molecular flexibility index (Phi) is 3.51. The van der Waals surface area contributed by atoms with Gasteiger partial charge in [-0.15, -0.1) is 0 Å². The summed E-state index contributed by atoms with van der Waals surface area (Å²) in [6, 6.07) is 8.04. The zero-order chi connectivity index (χ0) is 15.9. The molecule has 5 heteroatoms. The number of rotatable bonds is 2. The summed E-state index contributed by atoms with van der Waals surface area (Å²) in [7, 11) is 0. The molecular weight excluding hydrogens is 276 g/mol. The molecule has 1 aliphatic heterocycles. The van der Waals surface area contributed by atoms with Crippen LogP contribution in [0.2, 0.25) is 0 Å². The highest BCUT2D eigenvalue weighted by Gasteiger charge is 2.31. The molecule has 0 aromatic carbocycles. The van der Waals surface area contributed by atoms with Gasteiger partial charge in [-0.2, -0.15) is 5.10 Å². The van der Waals surface area contributed by atoms with Crippen molar-refractivity contribution in [1.82, 2.24) is 14.8 Å². The lowest BCUT2D eigenvalue weighted by Gasteiger charge is -2.21. The second-order valence-electron chi connectivity index (χ2n) is 6.85. The van der Waals surface area contributed by atoms with E-state index in [0.717, 1.165) is 22.9 Å². The Morgan fingerprint density at radius 1 is 1.23 bits per heavy atom. The molecule has 5 nitrogen and oxygen atoms in total. The standard InChI is InChI=1S/C17H22N4O/c1-11-9-12(2)21(20-11)15-8-6-7-13(18-15)16-19-14(10-22-16)17(3,4)5/h6-9,14H,10H2,1-5H3/t14-/m1/s1. The van der Waals surface area contributed by atoms with Gasteiger partial charge >= 0.3 is 0 Å². The predicted molar refractivity (Wildman–Crippen MR) is 86.6 cm³/mol. The van der Waals surface area contributed by atoms with Gasteiger partial charge in [0.05, 0.1) is 11.7 Å². The van der Waals surface area contributed by atoms with Crippen molar-refractivity contribution >= 4 is 5.90 Å². The first-order valence-electron chi connectivity index (χ1n) is 7.56. The summed E-state index contributed by atoms with van der Waals surface area (Å²) in [5, 5.41) is 4.48. The van der Waals surface area contributed by atoms with E-state index < -0.39 is 0 Å². The van der Waals surface area contributed by atoms with E-state index in [0.29, 0.717) is 12.5 Å². The van der Waals surface area contributed by atoms with Crippen molar-refractivity contribution in [3.63, 3.8) is 0 Å². The van der Waals surface area contributed by atoms with Gasteiger partial charge in [-0.25, -0.2) is 14.7 Å². The summed E-state index contributed by atoms with van der Waals surface area (Å²) in [4.78, 5) is 9.35. The van der Waals surface area contributed by atoms with Gasteiger partial charge in [0.15, 0.2) is 5.82 Å². The number of hydrogen-bond donors (Lipinski definition) is 0. The van der Waals surface area contributed by atoms with Gasteiger partial charge in [0.25, 0.3) is 0 Å². The molecule has 0 amide bonds. The van der Waals surface area contributed by atoms with Crippen LogP contribution in [-0.2, 0) is 4.74 Å². The molecule has 2 aromatic heterocycles. The van der Waals surface area contributed by atoms with Crippen LogP contribution in [0.1, 0.15) is 37.9 Å². The molecule has 3 heterocycles. The molecular formula is C17H22N4O. The Labute approximate surface area is 131 Å². The summed E-state index contributed by atoms with van der Waals surface area (Å²) in [6.45, 7) is 11.1. The van der Waals surface area contributed by atoms with E-state index in [-0.39, 0.29) is 11.5 Å². The molecule has 3 rings (SSSR count). The molecule has 0 N–H and O–H groups in total. The topological polar surface area (TPSA) is 52.3 Å². The summed E-state index contributed by atoms with van der Waals surface area (Å²) >= 11 is 0. The molecule has 0 aliphatic carbocycles. The van der Waals surface area contributed by atoms with Gasteiger partial charge in [0.1, 0.15) is 12.3 Å². The van der Waals surface area contributed by atoms with Crippen LogP contribution in [0, 0.1) is 19.3 Å². The lowest BCUT2D eigenvalue weighted by molar-refractivity contribution is 0.235. The lowest BCUT2D eigenvalue weighted by Crippen LogP contribution is -2.25. The van der Waals surface area contributed by atoms with Crippen molar-refractivity contribution in [2.75, 3.05) is 6.61 Å². The fourth-order valence-corrected chi connectivity index (χ4v) is 2.48. The van der Waals surface area contributed by atoms with Crippen molar-refractivity contribution in [2.45, 2.75) is 40.7 Å². The lowest BCUT2D eigenvalue weighted by atomic mass is 9.88. The average molecular weight is 298 g/mol. The number of nitrogens with zero attached hydrogens (tertiary/aromatic N) is 4. The van der Waals surface area contributed by atoms with Crippen LogP contribution >= 0.6 is 0 Å². The highest BCUT2D eigenvalue weighted by atomic mass is 16.5. The molecule has 0 unspecified atom stereocenters. The van der Waals surface area contributed by atoms with E-state index in [9.17, 15) is 0 Å². The van der Waals surface area contributed by atoms with Crippen molar-refractivity contribution in [3.8, 4) is 5.82 Å². The number of aliphatic imine (C=N–C) groups is 1. The van der Waals surface area contributed by atoms with Crippen molar-refractivity contribution in [3.05, 3.63) is 41.3 Å². The minimum Gasteiger partial charge on any atom is -0.474 e. The molecule has 116 valence electrons. The summed E-state index contributed by atoms with van der Waals surface area (Å²) in [5.41, 5.74) is 2.89. The maximum Gasteiger partial charge on any atom is 0.235 e. The largest absolute Gasteiger partial charge is 0.474 e. The Balaban J connectivity index is 1.94. The van der Waals surface area contributed by atoms with Crippen LogP contribution in [0.4, 0.5) is 0 Å². The van der Waals surface area contributed by atoms with Crippen LogP contribution in [0.25, 0.3) is 5.82 Å². The molecule has 1 atom stereocenters. The minimum absolute atomic E-state index is 0.0923. The number of aromatic nitrogens is 3. The molecule has 0 radical (unpaired) electrons.